The predicted molar refractivity (Wildman–Crippen MR) is 119 cm³/mol. The third kappa shape index (κ3) is 3.89. The number of benzene rings is 2. The number of fused-ring (bicyclic) bond motifs is 1. The van der Waals surface area contributed by atoms with Crippen LogP contribution in [0.5, 0.6) is 0 Å². The Morgan fingerprint density at radius 2 is 1.77 bits per heavy atom. The lowest BCUT2D eigenvalue weighted by atomic mass is 10.0. The Kier molecular flexibility index (Phi) is 5.34. The molecule has 160 valence electrons. The summed E-state index contributed by atoms with van der Waals surface area (Å²) in [5, 5.41) is 11.4. The summed E-state index contributed by atoms with van der Waals surface area (Å²) in [5.41, 5.74) is 1.71. The highest BCUT2D eigenvalue weighted by Crippen LogP contribution is 2.25. The predicted octanol–water partition coefficient (Wildman–Crippen LogP) is 3.13. The second-order valence-electron chi connectivity index (χ2n) is 8.51. The molecule has 0 radical (unpaired) electrons. The summed E-state index contributed by atoms with van der Waals surface area (Å²) in [6.45, 7) is 2.83. The Labute approximate surface area is 180 Å². The zero-order valence-electron chi connectivity index (χ0n) is 17.4. The summed E-state index contributed by atoms with van der Waals surface area (Å²) < 4.78 is 5.45. The largest absolute Gasteiger partial charge is 0.422 e. The molecule has 0 aliphatic carbocycles. The number of hydrogen-bond acceptors (Lipinski definition) is 5. The van der Waals surface area contributed by atoms with Crippen LogP contribution in [0.25, 0.3) is 22.1 Å². The van der Waals surface area contributed by atoms with Crippen LogP contribution in [0.2, 0.25) is 0 Å². The van der Waals surface area contributed by atoms with Gasteiger partial charge in [0.25, 0.3) is 5.91 Å². The van der Waals surface area contributed by atoms with Gasteiger partial charge in [0.2, 0.25) is 0 Å². The van der Waals surface area contributed by atoms with Crippen molar-refractivity contribution in [1.29, 1.82) is 0 Å². The average Bonchev–Trinajstić information content (AvgIpc) is 3.20. The number of amides is 1. The molecule has 0 bridgehead atoms. The number of β-amino-alcohol motifs (C(OH)–C–C–N with tert-alkyl or cyclic N) is 1. The molecule has 1 aromatic heterocycles. The van der Waals surface area contributed by atoms with Crippen molar-refractivity contribution in [1.82, 2.24) is 9.80 Å². The number of aliphatic hydroxyl groups excluding tert-OH is 1. The molecule has 0 saturated carbocycles. The van der Waals surface area contributed by atoms with Crippen molar-refractivity contribution in [3.63, 3.8) is 0 Å². The number of piperidine rings is 1. The van der Waals surface area contributed by atoms with Crippen LogP contribution in [-0.4, -0.2) is 59.1 Å². The number of rotatable bonds is 3. The molecule has 2 aliphatic heterocycles. The number of para-hydroxylation sites is 1. The van der Waals surface area contributed by atoms with Gasteiger partial charge in [-0.3, -0.25) is 9.69 Å². The van der Waals surface area contributed by atoms with Crippen LogP contribution in [0.3, 0.4) is 0 Å². The highest BCUT2D eigenvalue weighted by Gasteiger charge is 2.38. The summed E-state index contributed by atoms with van der Waals surface area (Å²) in [6, 6.07) is 16.3. The van der Waals surface area contributed by atoms with E-state index in [9.17, 15) is 14.7 Å². The lowest BCUT2D eigenvalue weighted by molar-refractivity contribution is 0.0702. The molecule has 3 heterocycles. The van der Waals surface area contributed by atoms with Crippen molar-refractivity contribution in [2.24, 2.45) is 0 Å². The van der Waals surface area contributed by atoms with Gasteiger partial charge in [0, 0.05) is 24.0 Å². The molecule has 1 amide bonds. The molecule has 5 rings (SSSR count). The number of hydrogen-bond donors (Lipinski definition) is 1. The fourth-order valence-corrected chi connectivity index (χ4v) is 4.81. The van der Waals surface area contributed by atoms with Crippen molar-refractivity contribution in [3.05, 3.63) is 70.6 Å². The monoisotopic (exact) mass is 418 g/mol. The van der Waals surface area contributed by atoms with E-state index in [-0.39, 0.29) is 11.9 Å². The maximum Gasteiger partial charge on any atom is 0.344 e. The quantitative estimate of drug-likeness (QED) is 0.662. The SMILES string of the molecule is O=C(c1cccc(-c2cc3ccccc3oc2=O)c1)N1C[C@H](O)[C@@H](N2CCCCC2)C1. The zero-order chi connectivity index (χ0) is 21.4. The van der Waals surface area contributed by atoms with Gasteiger partial charge in [-0.05, 0) is 55.8 Å². The van der Waals surface area contributed by atoms with Crippen molar-refractivity contribution in [2.45, 2.75) is 31.4 Å². The molecule has 3 aromatic rings. The fourth-order valence-electron chi connectivity index (χ4n) is 4.81. The van der Waals surface area contributed by atoms with Gasteiger partial charge in [0.15, 0.2) is 0 Å². The maximum absolute atomic E-state index is 13.2. The van der Waals surface area contributed by atoms with Crippen LogP contribution in [0, 0.1) is 0 Å². The number of carbonyl (C=O) groups excluding carboxylic acids is 1. The zero-order valence-corrected chi connectivity index (χ0v) is 17.4. The Morgan fingerprint density at radius 3 is 2.61 bits per heavy atom. The number of nitrogens with zero attached hydrogens (tertiary/aromatic N) is 2. The van der Waals surface area contributed by atoms with Crippen molar-refractivity contribution >= 4 is 16.9 Å². The van der Waals surface area contributed by atoms with Crippen molar-refractivity contribution < 1.29 is 14.3 Å². The minimum Gasteiger partial charge on any atom is -0.422 e. The second-order valence-corrected chi connectivity index (χ2v) is 8.51. The summed E-state index contributed by atoms with van der Waals surface area (Å²) >= 11 is 0. The molecule has 6 heteroatoms. The molecular formula is C25H26N2O4. The topological polar surface area (TPSA) is 74.0 Å². The third-order valence-corrected chi connectivity index (χ3v) is 6.47. The lowest BCUT2D eigenvalue weighted by Gasteiger charge is -2.33. The van der Waals surface area contributed by atoms with Crippen LogP contribution >= 0.6 is 0 Å². The molecule has 0 spiro atoms. The number of carbonyl (C=O) groups is 1. The van der Waals surface area contributed by atoms with Gasteiger partial charge < -0.3 is 14.4 Å². The van der Waals surface area contributed by atoms with E-state index in [0.717, 1.165) is 31.3 Å². The van der Waals surface area contributed by atoms with Gasteiger partial charge in [-0.15, -0.1) is 0 Å². The van der Waals surface area contributed by atoms with E-state index >= 15 is 0 Å². The summed E-state index contributed by atoms with van der Waals surface area (Å²) in [4.78, 5) is 29.8. The molecule has 1 N–H and O–H groups in total. The number of aliphatic hydroxyl groups is 1. The second kappa shape index (κ2) is 8.29. The van der Waals surface area contributed by atoms with Crippen LogP contribution < -0.4 is 5.63 Å². The standard InChI is InChI=1S/C25H26N2O4/c28-22-16-27(15-21(22)26-11-4-1-5-12-26)24(29)19-9-6-8-17(13-19)20-14-18-7-2-3-10-23(18)31-25(20)30/h2-3,6-10,13-14,21-22,28H,1,4-5,11-12,15-16H2/t21-,22-/m0/s1. The van der Waals surface area contributed by atoms with Crippen molar-refractivity contribution in [3.8, 4) is 11.1 Å². The normalized spacial score (nSPS) is 22.2. The van der Waals surface area contributed by atoms with Crippen molar-refractivity contribution in [2.75, 3.05) is 26.2 Å². The number of likely N-dealkylation sites (tertiary alicyclic amines) is 2. The van der Waals surface area contributed by atoms with E-state index in [2.05, 4.69) is 4.90 Å². The first-order valence-corrected chi connectivity index (χ1v) is 10.9. The Hall–Kier alpha value is -2.96. The first kappa shape index (κ1) is 20.0. The molecule has 2 aromatic carbocycles. The molecule has 31 heavy (non-hydrogen) atoms. The van der Waals surface area contributed by atoms with Gasteiger partial charge >= 0.3 is 5.63 Å². The van der Waals surface area contributed by atoms with Gasteiger partial charge in [0.1, 0.15) is 5.58 Å². The van der Waals surface area contributed by atoms with E-state index in [4.69, 9.17) is 4.42 Å². The highest BCUT2D eigenvalue weighted by atomic mass is 16.4. The molecule has 2 aliphatic rings. The minimum absolute atomic E-state index is 0.0000325. The van der Waals surface area contributed by atoms with Crippen LogP contribution in [0.15, 0.2) is 63.8 Å². The highest BCUT2D eigenvalue weighted by molar-refractivity contribution is 5.96. The Bertz CT molecular complexity index is 1170. The van der Waals surface area contributed by atoms with E-state index in [1.54, 1.807) is 35.2 Å². The Balaban J connectivity index is 1.40. The average molecular weight is 418 g/mol. The van der Waals surface area contributed by atoms with Gasteiger partial charge in [-0.1, -0.05) is 36.8 Å². The molecule has 0 unspecified atom stereocenters. The fraction of sp³-hybridized carbons (Fsp3) is 0.360. The summed E-state index contributed by atoms with van der Waals surface area (Å²) in [7, 11) is 0. The van der Waals surface area contributed by atoms with Gasteiger partial charge in [-0.25, -0.2) is 4.79 Å². The smallest absolute Gasteiger partial charge is 0.344 e. The molecular weight excluding hydrogens is 392 g/mol. The first-order chi connectivity index (χ1) is 15.1. The summed E-state index contributed by atoms with van der Waals surface area (Å²) in [5.74, 6) is -0.120. The third-order valence-electron chi connectivity index (χ3n) is 6.47. The van der Waals surface area contributed by atoms with Crippen LogP contribution in [-0.2, 0) is 0 Å². The first-order valence-electron chi connectivity index (χ1n) is 10.9. The Morgan fingerprint density at radius 1 is 0.968 bits per heavy atom. The van der Waals surface area contributed by atoms with Crippen LogP contribution in [0.1, 0.15) is 29.6 Å². The van der Waals surface area contributed by atoms with E-state index < -0.39 is 11.7 Å². The van der Waals surface area contributed by atoms with Crippen LogP contribution in [0.4, 0.5) is 0 Å². The maximum atomic E-state index is 13.2. The molecule has 2 atom stereocenters. The van der Waals surface area contributed by atoms with Gasteiger partial charge in [-0.2, -0.15) is 0 Å². The summed E-state index contributed by atoms with van der Waals surface area (Å²) in [6.07, 6.45) is 3.00. The van der Waals surface area contributed by atoms with E-state index in [1.165, 1.54) is 6.42 Å². The molecule has 6 nitrogen and oxygen atoms in total. The lowest BCUT2D eigenvalue weighted by Crippen LogP contribution is -2.46. The van der Waals surface area contributed by atoms with E-state index in [1.807, 2.05) is 24.3 Å². The molecule has 2 fully saturated rings. The van der Waals surface area contributed by atoms with Gasteiger partial charge in [0.05, 0.1) is 17.7 Å². The minimum atomic E-state index is -0.530. The van der Waals surface area contributed by atoms with E-state index in [0.29, 0.717) is 35.4 Å². The molecule has 2 saturated heterocycles.